The highest BCUT2D eigenvalue weighted by Crippen LogP contribution is 2.19. The lowest BCUT2D eigenvalue weighted by Gasteiger charge is -2.19. The summed E-state index contributed by atoms with van der Waals surface area (Å²) >= 11 is 0. The molecular formula is C20H24N2O4. The van der Waals surface area contributed by atoms with Gasteiger partial charge in [-0.25, -0.2) is 9.78 Å². The van der Waals surface area contributed by atoms with Crippen molar-refractivity contribution in [3.05, 3.63) is 54.2 Å². The molecule has 0 radical (unpaired) electrons. The molecule has 0 saturated carbocycles. The number of carbonyl (C=O) groups excluding carboxylic acids is 2. The molecule has 6 heteroatoms. The van der Waals surface area contributed by atoms with E-state index < -0.39 is 11.7 Å². The van der Waals surface area contributed by atoms with Gasteiger partial charge in [-0.05, 0) is 45.4 Å². The fourth-order valence-corrected chi connectivity index (χ4v) is 2.11. The van der Waals surface area contributed by atoms with Gasteiger partial charge in [-0.15, -0.1) is 0 Å². The quantitative estimate of drug-likeness (QED) is 0.589. The maximum Gasteiger partial charge on any atom is 0.407 e. The Morgan fingerprint density at radius 1 is 1.08 bits per heavy atom. The van der Waals surface area contributed by atoms with E-state index in [2.05, 4.69) is 10.3 Å². The number of ketones is 1. The number of ether oxygens (including phenoxy) is 2. The Morgan fingerprint density at radius 2 is 1.81 bits per heavy atom. The highest BCUT2D eigenvalue weighted by molar-refractivity contribution is 5.95. The average Bonchev–Trinajstić information content (AvgIpc) is 2.58. The van der Waals surface area contributed by atoms with Crippen molar-refractivity contribution in [2.75, 3.05) is 6.54 Å². The third kappa shape index (κ3) is 6.93. The Morgan fingerprint density at radius 3 is 2.42 bits per heavy atom. The van der Waals surface area contributed by atoms with Gasteiger partial charge in [-0.3, -0.25) is 4.79 Å². The number of rotatable bonds is 7. The van der Waals surface area contributed by atoms with Gasteiger partial charge in [0.2, 0.25) is 5.88 Å². The van der Waals surface area contributed by atoms with Crippen LogP contribution in [-0.4, -0.2) is 29.0 Å². The normalized spacial score (nSPS) is 10.9. The summed E-state index contributed by atoms with van der Waals surface area (Å²) in [6.45, 7) is 5.78. The summed E-state index contributed by atoms with van der Waals surface area (Å²) in [7, 11) is 0. The first-order valence-electron chi connectivity index (χ1n) is 8.52. The van der Waals surface area contributed by atoms with E-state index in [0.717, 1.165) is 0 Å². The molecular weight excluding hydrogens is 332 g/mol. The number of benzene rings is 1. The van der Waals surface area contributed by atoms with Crippen LogP contribution in [0.3, 0.4) is 0 Å². The van der Waals surface area contributed by atoms with Crippen molar-refractivity contribution >= 4 is 11.9 Å². The van der Waals surface area contributed by atoms with Crippen LogP contribution < -0.4 is 10.1 Å². The molecule has 0 aliphatic carbocycles. The molecule has 0 bridgehead atoms. The van der Waals surface area contributed by atoms with Gasteiger partial charge in [-0.2, -0.15) is 0 Å². The van der Waals surface area contributed by atoms with E-state index in [1.807, 2.05) is 30.3 Å². The molecule has 2 aromatic rings. The molecule has 0 fully saturated rings. The molecule has 1 aromatic heterocycles. The minimum absolute atomic E-state index is 0.0326. The third-order valence-electron chi connectivity index (χ3n) is 3.27. The summed E-state index contributed by atoms with van der Waals surface area (Å²) in [5.74, 6) is 1.08. The Hall–Kier alpha value is -2.89. The van der Waals surface area contributed by atoms with Crippen molar-refractivity contribution in [3.8, 4) is 11.6 Å². The smallest absolute Gasteiger partial charge is 0.407 e. The second-order valence-corrected chi connectivity index (χ2v) is 6.76. The van der Waals surface area contributed by atoms with E-state index in [1.54, 1.807) is 32.9 Å². The molecule has 2 rings (SSSR count). The van der Waals surface area contributed by atoms with Crippen molar-refractivity contribution in [2.45, 2.75) is 39.2 Å². The van der Waals surface area contributed by atoms with Crippen LogP contribution in [0.25, 0.3) is 0 Å². The van der Waals surface area contributed by atoms with Crippen molar-refractivity contribution in [1.82, 2.24) is 10.3 Å². The number of nitrogens with zero attached hydrogens (tertiary/aromatic N) is 1. The zero-order chi connectivity index (χ0) is 19.0. The Labute approximate surface area is 153 Å². The first-order chi connectivity index (χ1) is 12.3. The number of pyridine rings is 1. The van der Waals surface area contributed by atoms with Crippen molar-refractivity contribution < 1.29 is 19.1 Å². The van der Waals surface area contributed by atoms with Gasteiger partial charge in [0.1, 0.15) is 11.4 Å². The summed E-state index contributed by atoms with van der Waals surface area (Å²) in [4.78, 5) is 27.8. The predicted octanol–water partition coefficient (Wildman–Crippen LogP) is 4.36. The molecule has 138 valence electrons. The van der Waals surface area contributed by atoms with Crippen LogP contribution in [0.15, 0.2) is 48.7 Å². The number of alkyl carbamates (subject to hydrolysis) is 1. The molecule has 1 amide bonds. The van der Waals surface area contributed by atoms with Crippen molar-refractivity contribution in [2.24, 2.45) is 0 Å². The molecule has 0 saturated heterocycles. The number of Topliss-reactive ketones (excluding diaryl/α,β-unsaturated/α-hetero) is 1. The number of hydrogen-bond donors (Lipinski definition) is 1. The molecule has 0 unspecified atom stereocenters. The van der Waals surface area contributed by atoms with E-state index >= 15 is 0 Å². The Balaban J connectivity index is 1.75. The van der Waals surface area contributed by atoms with Crippen LogP contribution in [-0.2, 0) is 4.74 Å². The molecule has 1 aromatic carbocycles. The van der Waals surface area contributed by atoms with Gasteiger partial charge in [0.15, 0.2) is 5.78 Å². The molecule has 0 atom stereocenters. The largest absolute Gasteiger partial charge is 0.444 e. The fraction of sp³-hybridized carbons (Fsp3) is 0.350. The molecule has 0 spiro atoms. The molecule has 0 aliphatic heterocycles. The fourth-order valence-electron chi connectivity index (χ4n) is 2.11. The summed E-state index contributed by atoms with van der Waals surface area (Å²) < 4.78 is 10.7. The third-order valence-corrected chi connectivity index (χ3v) is 3.27. The number of carbonyl (C=O) groups is 2. The summed E-state index contributed by atoms with van der Waals surface area (Å²) in [6.07, 6.45) is 1.87. The van der Waals surface area contributed by atoms with Gasteiger partial charge in [0.25, 0.3) is 0 Å². The topological polar surface area (TPSA) is 77.5 Å². The highest BCUT2D eigenvalue weighted by Gasteiger charge is 2.15. The predicted molar refractivity (Wildman–Crippen MR) is 98.6 cm³/mol. The minimum Gasteiger partial charge on any atom is -0.444 e. The molecule has 1 N–H and O–H groups in total. The van der Waals surface area contributed by atoms with Crippen molar-refractivity contribution in [1.29, 1.82) is 0 Å². The number of para-hydroxylation sites is 1. The number of hydrogen-bond acceptors (Lipinski definition) is 5. The average molecular weight is 356 g/mol. The number of nitrogens with one attached hydrogen (secondary N) is 1. The maximum absolute atomic E-state index is 12.2. The molecule has 6 nitrogen and oxygen atoms in total. The standard InChI is InChI=1S/C20H24N2O4/c1-20(2,3)26-19(24)21-13-7-10-17(23)15-11-12-18(22-14-15)25-16-8-5-4-6-9-16/h4-6,8-9,11-12,14H,7,10,13H2,1-3H3,(H,21,24). The highest BCUT2D eigenvalue weighted by atomic mass is 16.6. The van der Waals surface area contributed by atoms with Gasteiger partial charge < -0.3 is 14.8 Å². The lowest BCUT2D eigenvalue weighted by Crippen LogP contribution is -2.33. The number of aromatic nitrogens is 1. The van der Waals surface area contributed by atoms with Crippen LogP contribution in [0.2, 0.25) is 0 Å². The van der Waals surface area contributed by atoms with Gasteiger partial charge in [-0.1, -0.05) is 18.2 Å². The van der Waals surface area contributed by atoms with E-state index in [-0.39, 0.29) is 5.78 Å². The van der Waals surface area contributed by atoms with Crippen LogP contribution in [0.1, 0.15) is 44.0 Å². The second-order valence-electron chi connectivity index (χ2n) is 6.76. The zero-order valence-corrected chi connectivity index (χ0v) is 15.3. The van der Waals surface area contributed by atoms with Gasteiger partial charge in [0.05, 0.1) is 0 Å². The summed E-state index contributed by atoms with van der Waals surface area (Å²) in [5.41, 5.74) is -0.0162. The zero-order valence-electron chi connectivity index (χ0n) is 15.3. The van der Waals surface area contributed by atoms with E-state index in [9.17, 15) is 9.59 Å². The maximum atomic E-state index is 12.2. The van der Waals surface area contributed by atoms with E-state index in [0.29, 0.717) is 36.6 Å². The van der Waals surface area contributed by atoms with E-state index in [1.165, 1.54) is 6.20 Å². The van der Waals surface area contributed by atoms with Crippen LogP contribution in [0, 0.1) is 0 Å². The van der Waals surface area contributed by atoms with Crippen LogP contribution in [0.4, 0.5) is 4.79 Å². The number of amides is 1. The van der Waals surface area contributed by atoms with Crippen molar-refractivity contribution in [3.63, 3.8) is 0 Å². The first-order valence-corrected chi connectivity index (χ1v) is 8.52. The second kappa shape index (κ2) is 8.99. The first kappa shape index (κ1) is 19.4. The summed E-state index contributed by atoms with van der Waals surface area (Å²) in [6, 6.07) is 12.7. The minimum atomic E-state index is -0.533. The summed E-state index contributed by atoms with van der Waals surface area (Å²) in [5, 5.41) is 2.63. The Kier molecular flexibility index (Phi) is 6.72. The monoisotopic (exact) mass is 356 g/mol. The van der Waals surface area contributed by atoms with Gasteiger partial charge >= 0.3 is 6.09 Å². The lowest BCUT2D eigenvalue weighted by atomic mass is 10.1. The molecule has 1 heterocycles. The molecule has 0 aliphatic rings. The van der Waals surface area contributed by atoms with Crippen LogP contribution in [0.5, 0.6) is 11.6 Å². The molecule has 26 heavy (non-hydrogen) atoms. The van der Waals surface area contributed by atoms with Crippen LogP contribution >= 0.6 is 0 Å². The van der Waals surface area contributed by atoms with Gasteiger partial charge in [0, 0.05) is 30.8 Å². The van der Waals surface area contributed by atoms with E-state index in [4.69, 9.17) is 9.47 Å². The SMILES string of the molecule is CC(C)(C)OC(=O)NCCCC(=O)c1ccc(Oc2ccccc2)nc1. The Bertz CT molecular complexity index is 722. The lowest BCUT2D eigenvalue weighted by molar-refractivity contribution is 0.0525.